The van der Waals surface area contributed by atoms with Gasteiger partial charge >= 0.3 is 0 Å². The molecule has 1 saturated carbocycles. The lowest BCUT2D eigenvalue weighted by Crippen LogP contribution is -2.55. The largest absolute Gasteiger partial charge is 0.345 e. The van der Waals surface area contributed by atoms with Crippen molar-refractivity contribution >= 4 is 5.91 Å². The van der Waals surface area contributed by atoms with Gasteiger partial charge in [0, 0.05) is 25.7 Å². The molecular formula is C17H33N3O. The summed E-state index contributed by atoms with van der Waals surface area (Å²) < 4.78 is 0. The molecule has 1 amide bonds. The molecule has 0 aromatic rings. The second-order valence-electron chi connectivity index (χ2n) is 6.85. The Balaban J connectivity index is 1.93. The van der Waals surface area contributed by atoms with E-state index in [0.29, 0.717) is 18.0 Å². The zero-order valence-corrected chi connectivity index (χ0v) is 14.0. The highest BCUT2D eigenvalue weighted by atomic mass is 16.2. The van der Waals surface area contributed by atoms with Crippen LogP contribution < -0.4 is 10.6 Å². The van der Waals surface area contributed by atoms with Gasteiger partial charge in [-0.1, -0.05) is 19.3 Å². The number of piperidine rings is 1. The van der Waals surface area contributed by atoms with E-state index in [-0.39, 0.29) is 11.9 Å². The fourth-order valence-corrected chi connectivity index (χ4v) is 3.97. The van der Waals surface area contributed by atoms with Crippen molar-refractivity contribution in [3.05, 3.63) is 0 Å². The van der Waals surface area contributed by atoms with Crippen LogP contribution in [-0.2, 0) is 4.79 Å². The van der Waals surface area contributed by atoms with Crippen LogP contribution in [0.2, 0.25) is 0 Å². The van der Waals surface area contributed by atoms with Gasteiger partial charge in [0.15, 0.2) is 0 Å². The van der Waals surface area contributed by atoms with Crippen LogP contribution in [0, 0.1) is 5.92 Å². The fourth-order valence-electron chi connectivity index (χ4n) is 3.97. The standard InChI is InChI=1S/C17H33N3O/c1-4-20(3)17(21)13(2)19-16-11-6-5-9-14(16)15-10-7-8-12-18-15/h13-16,18-19H,4-12H2,1-3H3. The Morgan fingerprint density at radius 3 is 2.62 bits per heavy atom. The van der Waals surface area contributed by atoms with Crippen LogP contribution in [0.5, 0.6) is 0 Å². The van der Waals surface area contributed by atoms with Crippen molar-refractivity contribution in [2.75, 3.05) is 20.1 Å². The Bertz CT molecular complexity index is 328. The van der Waals surface area contributed by atoms with E-state index >= 15 is 0 Å². The average Bonchev–Trinajstić information content (AvgIpc) is 2.54. The van der Waals surface area contributed by atoms with Gasteiger partial charge in [0.2, 0.25) is 5.91 Å². The zero-order chi connectivity index (χ0) is 15.2. The van der Waals surface area contributed by atoms with Crippen LogP contribution in [0.3, 0.4) is 0 Å². The lowest BCUT2D eigenvalue weighted by atomic mass is 9.77. The summed E-state index contributed by atoms with van der Waals surface area (Å²) in [4.78, 5) is 14.1. The zero-order valence-electron chi connectivity index (χ0n) is 14.0. The molecule has 1 aliphatic carbocycles. The van der Waals surface area contributed by atoms with E-state index in [1.54, 1.807) is 0 Å². The minimum atomic E-state index is -0.0656. The highest BCUT2D eigenvalue weighted by molar-refractivity contribution is 5.81. The summed E-state index contributed by atoms with van der Waals surface area (Å²) in [7, 11) is 1.89. The summed E-state index contributed by atoms with van der Waals surface area (Å²) in [6.45, 7) is 6.00. The molecule has 0 radical (unpaired) electrons. The lowest BCUT2D eigenvalue weighted by molar-refractivity contribution is -0.131. The number of likely N-dealkylation sites (N-methyl/N-ethyl adjacent to an activating group) is 1. The van der Waals surface area contributed by atoms with Gasteiger partial charge in [-0.2, -0.15) is 0 Å². The van der Waals surface area contributed by atoms with E-state index in [4.69, 9.17) is 0 Å². The summed E-state index contributed by atoms with van der Waals surface area (Å²) in [5.41, 5.74) is 0. The van der Waals surface area contributed by atoms with Crippen LogP contribution >= 0.6 is 0 Å². The SMILES string of the molecule is CCN(C)C(=O)C(C)NC1CCCCC1C1CCCCN1. The maximum atomic E-state index is 12.3. The molecule has 0 spiro atoms. The van der Waals surface area contributed by atoms with Crippen LogP contribution in [0.1, 0.15) is 58.8 Å². The van der Waals surface area contributed by atoms with E-state index in [1.165, 1.54) is 51.5 Å². The third-order valence-corrected chi connectivity index (χ3v) is 5.37. The Hall–Kier alpha value is -0.610. The highest BCUT2D eigenvalue weighted by Gasteiger charge is 2.34. The first-order valence-corrected chi connectivity index (χ1v) is 8.88. The maximum Gasteiger partial charge on any atom is 0.239 e. The molecular weight excluding hydrogens is 262 g/mol. The second kappa shape index (κ2) is 8.14. The molecule has 4 heteroatoms. The van der Waals surface area contributed by atoms with Gasteiger partial charge in [-0.15, -0.1) is 0 Å². The number of hydrogen-bond donors (Lipinski definition) is 2. The first-order valence-electron chi connectivity index (χ1n) is 8.88. The molecule has 4 atom stereocenters. The van der Waals surface area contributed by atoms with Crippen LogP contribution in [0.4, 0.5) is 0 Å². The molecule has 2 aliphatic rings. The van der Waals surface area contributed by atoms with Gasteiger partial charge in [-0.25, -0.2) is 0 Å². The average molecular weight is 295 g/mol. The molecule has 4 nitrogen and oxygen atoms in total. The number of hydrogen-bond acceptors (Lipinski definition) is 3. The molecule has 4 unspecified atom stereocenters. The quantitative estimate of drug-likeness (QED) is 0.817. The normalized spacial score (nSPS) is 31.7. The van der Waals surface area contributed by atoms with Crippen molar-refractivity contribution in [1.82, 2.24) is 15.5 Å². The molecule has 1 aliphatic heterocycles. The Morgan fingerprint density at radius 1 is 1.24 bits per heavy atom. The smallest absolute Gasteiger partial charge is 0.239 e. The van der Waals surface area contributed by atoms with Gasteiger partial charge < -0.3 is 15.5 Å². The van der Waals surface area contributed by atoms with Gasteiger partial charge in [-0.05, 0) is 52.0 Å². The molecule has 1 heterocycles. The molecule has 0 aromatic heterocycles. The van der Waals surface area contributed by atoms with Crippen LogP contribution in [0.15, 0.2) is 0 Å². The van der Waals surface area contributed by atoms with E-state index in [1.807, 2.05) is 25.8 Å². The van der Waals surface area contributed by atoms with Gasteiger partial charge in [0.05, 0.1) is 6.04 Å². The van der Waals surface area contributed by atoms with Crippen molar-refractivity contribution in [1.29, 1.82) is 0 Å². The molecule has 122 valence electrons. The van der Waals surface area contributed by atoms with E-state index in [2.05, 4.69) is 10.6 Å². The van der Waals surface area contributed by atoms with Crippen molar-refractivity contribution < 1.29 is 4.79 Å². The Labute approximate surface area is 130 Å². The highest BCUT2D eigenvalue weighted by Crippen LogP contribution is 2.30. The second-order valence-corrected chi connectivity index (χ2v) is 6.85. The summed E-state index contributed by atoms with van der Waals surface area (Å²) in [6, 6.07) is 1.09. The van der Waals surface area contributed by atoms with Crippen LogP contribution in [0.25, 0.3) is 0 Å². The van der Waals surface area contributed by atoms with Crippen LogP contribution in [-0.4, -0.2) is 49.1 Å². The molecule has 2 rings (SSSR count). The van der Waals surface area contributed by atoms with Crippen molar-refractivity contribution in [3.8, 4) is 0 Å². The molecule has 1 saturated heterocycles. The fraction of sp³-hybridized carbons (Fsp3) is 0.941. The van der Waals surface area contributed by atoms with Crippen molar-refractivity contribution in [2.45, 2.75) is 76.9 Å². The molecule has 2 fully saturated rings. The van der Waals surface area contributed by atoms with E-state index < -0.39 is 0 Å². The number of carbonyl (C=O) groups excluding carboxylic acids is 1. The number of nitrogens with one attached hydrogen (secondary N) is 2. The first kappa shape index (κ1) is 16.8. The van der Waals surface area contributed by atoms with Gasteiger partial charge in [0.25, 0.3) is 0 Å². The monoisotopic (exact) mass is 295 g/mol. The maximum absolute atomic E-state index is 12.3. The topological polar surface area (TPSA) is 44.4 Å². The van der Waals surface area contributed by atoms with E-state index in [0.717, 1.165) is 6.54 Å². The number of nitrogens with zero attached hydrogens (tertiary/aromatic N) is 1. The number of amides is 1. The predicted molar refractivity (Wildman–Crippen MR) is 87.3 cm³/mol. The number of carbonyl (C=O) groups is 1. The van der Waals surface area contributed by atoms with Crippen molar-refractivity contribution in [3.63, 3.8) is 0 Å². The molecule has 21 heavy (non-hydrogen) atoms. The third kappa shape index (κ3) is 4.43. The van der Waals surface area contributed by atoms with Gasteiger partial charge in [0.1, 0.15) is 0 Å². The first-order chi connectivity index (χ1) is 10.1. The van der Waals surface area contributed by atoms with Crippen molar-refractivity contribution in [2.24, 2.45) is 5.92 Å². The van der Waals surface area contributed by atoms with E-state index in [9.17, 15) is 4.79 Å². The third-order valence-electron chi connectivity index (χ3n) is 5.37. The Kier molecular flexibility index (Phi) is 6.49. The molecule has 0 aromatic carbocycles. The summed E-state index contributed by atoms with van der Waals surface area (Å²) in [5.74, 6) is 0.916. The minimum absolute atomic E-state index is 0.0656. The molecule has 2 N–H and O–H groups in total. The Morgan fingerprint density at radius 2 is 1.95 bits per heavy atom. The minimum Gasteiger partial charge on any atom is -0.345 e. The summed E-state index contributed by atoms with van der Waals surface area (Å²) in [6.07, 6.45) is 9.14. The predicted octanol–water partition coefficient (Wildman–Crippen LogP) is 2.14. The molecule has 0 bridgehead atoms. The summed E-state index contributed by atoms with van der Waals surface area (Å²) >= 11 is 0. The lowest BCUT2D eigenvalue weighted by Gasteiger charge is -2.41. The number of rotatable bonds is 5. The summed E-state index contributed by atoms with van der Waals surface area (Å²) in [5, 5.41) is 7.37. The van der Waals surface area contributed by atoms with Gasteiger partial charge in [-0.3, -0.25) is 4.79 Å².